The summed E-state index contributed by atoms with van der Waals surface area (Å²) < 4.78 is 72.8. The van der Waals surface area contributed by atoms with Crippen molar-refractivity contribution in [2.45, 2.75) is 24.9 Å². The Balaban J connectivity index is 1.99. The topological polar surface area (TPSA) is 68.3 Å². The Bertz CT molecular complexity index is 1250. The molecule has 0 spiro atoms. The molecular weight excluding hydrogens is 476 g/mol. The maximum absolute atomic E-state index is 13.1. The maximum atomic E-state index is 13.1. The lowest BCUT2D eigenvalue weighted by atomic mass is 10.1. The van der Waals surface area contributed by atoms with Crippen molar-refractivity contribution in [3.05, 3.63) is 75.4 Å². The molecule has 0 unspecified atom stereocenters. The van der Waals surface area contributed by atoms with E-state index in [1.807, 2.05) is 13.0 Å². The minimum Gasteiger partial charge on any atom is -0.437 e. The van der Waals surface area contributed by atoms with Crippen LogP contribution < -0.4 is 9.46 Å². The SMILES string of the molecule is Cc1ccc(Oc2ncc(Cl)cc2NS(=O)(=O)c2ccc(Cl)c(C(F)(F)F)c2)c(C)c1. The molecule has 1 aromatic heterocycles. The molecule has 2 aromatic carbocycles. The number of sulfonamides is 1. The molecule has 0 fully saturated rings. The molecular formula is C20H15Cl2F3N2O3S. The average molecular weight is 491 g/mol. The van der Waals surface area contributed by atoms with Crippen molar-refractivity contribution in [3.8, 4) is 11.6 Å². The van der Waals surface area contributed by atoms with E-state index in [0.717, 1.165) is 23.3 Å². The number of alkyl halides is 3. The smallest absolute Gasteiger partial charge is 0.417 e. The highest BCUT2D eigenvalue weighted by molar-refractivity contribution is 7.92. The summed E-state index contributed by atoms with van der Waals surface area (Å²) in [5, 5.41) is -0.521. The molecule has 0 bridgehead atoms. The lowest BCUT2D eigenvalue weighted by Gasteiger charge is -2.15. The average Bonchev–Trinajstić information content (AvgIpc) is 2.64. The predicted octanol–water partition coefficient (Wildman–Crippen LogP) is 6.62. The second kappa shape index (κ2) is 8.57. The van der Waals surface area contributed by atoms with Gasteiger partial charge < -0.3 is 4.74 Å². The third-order valence-electron chi connectivity index (χ3n) is 4.15. The van der Waals surface area contributed by atoms with E-state index in [0.29, 0.717) is 11.8 Å². The van der Waals surface area contributed by atoms with Gasteiger partial charge in [-0.3, -0.25) is 4.72 Å². The molecule has 1 heterocycles. The van der Waals surface area contributed by atoms with Crippen molar-refractivity contribution >= 4 is 38.9 Å². The molecule has 0 amide bonds. The largest absolute Gasteiger partial charge is 0.437 e. The summed E-state index contributed by atoms with van der Waals surface area (Å²) in [6, 6.07) is 8.87. The fraction of sp³-hybridized carbons (Fsp3) is 0.150. The number of hydrogen-bond acceptors (Lipinski definition) is 4. The summed E-state index contributed by atoms with van der Waals surface area (Å²) in [5.41, 5.74) is 0.361. The van der Waals surface area contributed by atoms with Gasteiger partial charge in [0.2, 0.25) is 5.88 Å². The van der Waals surface area contributed by atoms with Crippen LogP contribution in [-0.4, -0.2) is 13.4 Å². The third kappa shape index (κ3) is 5.41. The number of anilines is 1. The molecule has 5 nitrogen and oxygen atoms in total. The molecule has 0 aliphatic heterocycles. The number of halogens is 5. The minimum atomic E-state index is -4.82. The van der Waals surface area contributed by atoms with Crippen molar-refractivity contribution in [3.63, 3.8) is 0 Å². The summed E-state index contributed by atoms with van der Waals surface area (Å²) in [6.45, 7) is 3.70. The Labute approximate surface area is 186 Å². The summed E-state index contributed by atoms with van der Waals surface area (Å²) in [6.07, 6.45) is -3.57. The number of nitrogens with one attached hydrogen (secondary N) is 1. The first-order valence-corrected chi connectivity index (χ1v) is 10.9. The zero-order valence-electron chi connectivity index (χ0n) is 16.1. The van der Waals surface area contributed by atoms with Crippen LogP contribution in [0.15, 0.2) is 53.6 Å². The van der Waals surface area contributed by atoms with E-state index in [4.69, 9.17) is 27.9 Å². The Morgan fingerprint density at radius 3 is 2.39 bits per heavy atom. The van der Waals surface area contributed by atoms with Crippen LogP contribution in [0.4, 0.5) is 18.9 Å². The summed E-state index contributed by atoms with van der Waals surface area (Å²) >= 11 is 11.5. The molecule has 0 atom stereocenters. The normalized spacial score (nSPS) is 12.0. The van der Waals surface area contributed by atoms with Crippen molar-refractivity contribution < 1.29 is 26.3 Å². The van der Waals surface area contributed by atoms with Crippen molar-refractivity contribution in [1.29, 1.82) is 0 Å². The van der Waals surface area contributed by atoms with Crippen LogP contribution in [0.2, 0.25) is 10.0 Å². The van der Waals surface area contributed by atoms with E-state index in [9.17, 15) is 21.6 Å². The van der Waals surface area contributed by atoms with Gasteiger partial charge in [0.15, 0.2) is 0 Å². The van der Waals surface area contributed by atoms with E-state index in [1.165, 1.54) is 12.3 Å². The number of ether oxygens (including phenoxy) is 1. The summed E-state index contributed by atoms with van der Waals surface area (Å²) in [5.74, 6) is 0.302. The van der Waals surface area contributed by atoms with Gasteiger partial charge in [-0.05, 0) is 49.7 Å². The molecule has 31 heavy (non-hydrogen) atoms. The Hall–Kier alpha value is -2.49. The standard InChI is InChI=1S/C20H15Cl2F3N2O3S/c1-11-3-6-18(12(2)7-11)30-19-17(8-13(21)10-26-19)27-31(28,29)14-4-5-16(22)15(9-14)20(23,24)25/h3-10,27H,1-2H3. The van der Waals surface area contributed by atoms with E-state index < -0.39 is 31.7 Å². The molecule has 1 N–H and O–H groups in total. The molecule has 0 saturated carbocycles. The summed E-state index contributed by atoms with van der Waals surface area (Å²) in [7, 11) is -4.45. The first-order chi connectivity index (χ1) is 14.4. The van der Waals surface area contributed by atoms with Crippen LogP contribution in [0.5, 0.6) is 11.6 Å². The number of rotatable bonds is 5. The second-order valence-corrected chi connectivity index (χ2v) is 9.15. The first kappa shape index (κ1) is 23.2. The van der Waals surface area contributed by atoms with Crippen LogP contribution in [-0.2, 0) is 16.2 Å². The second-order valence-electron chi connectivity index (χ2n) is 6.62. The zero-order valence-corrected chi connectivity index (χ0v) is 18.4. The molecule has 0 aliphatic rings. The number of pyridine rings is 1. The number of nitrogens with zero attached hydrogens (tertiary/aromatic N) is 1. The van der Waals surface area contributed by atoms with Gasteiger partial charge in [0.1, 0.15) is 11.4 Å². The Morgan fingerprint density at radius 1 is 1.03 bits per heavy atom. The Kier molecular flexibility index (Phi) is 6.40. The van der Waals surface area contributed by atoms with Crippen LogP contribution in [0.25, 0.3) is 0 Å². The van der Waals surface area contributed by atoms with Gasteiger partial charge in [-0.1, -0.05) is 40.9 Å². The van der Waals surface area contributed by atoms with Crippen LogP contribution in [0, 0.1) is 13.8 Å². The highest BCUT2D eigenvalue weighted by Crippen LogP contribution is 2.37. The van der Waals surface area contributed by atoms with E-state index in [1.54, 1.807) is 19.1 Å². The molecule has 0 saturated heterocycles. The maximum Gasteiger partial charge on any atom is 0.417 e. The van der Waals surface area contributed by atoms with Gasteiger partial charge in [0.05, 0.1) is 20.5 Å². The fourth-order valence-electron chi connectivity index (χ4n) is 2.69. The highest BCUT2D eigenvalue weighted by Gasteiger charge is 2.34. The van der Waals surface area contributed by atoms with Gasteiger partial charge in [-0.25, -0.2) is 13.4 Å². The van der Waals surface area contributed by atoms with Gasteiger partial charge in [-0.15, -0.1) is 0 Å². The van der Waals surface area contributed by atoms with E-state index >= 15 is 0 Å². The molecule has 0 radical (unpaired) electrons. The number of aryl methyl sites for hydroxylation is 2. The quantitative estimate of drug-likeness (QED) is 0.436. The molecule has 3 rings (SSSR count). The fourth-order valence-corrected chi connectivity index (χ4v) is 4.15. The monoisotopic (exact) mass is 490 g/mol. The van der Waals surface area contributed by atoms with Crippen molar-refractivity contribution in [2.24, 2.45) is 0 Å². The minimum absolute atomic E-state index is 0.0952. The Morgan fingerprint density at radius 2 is 1.74 bits per heavy atom. The van der Waals surface area contributed by atoms with Crippen molar-refractivity contribution in [2.75, 3.05) is 4.72 Å². The predicted molar refractivity (Wildman–Crippen MR) is 112 cm³/mol. The van der Waals surface area contributed by atoms with E-state index in [2.05, 4.69) is 9.71 Å². The number of hydrogen-bond donors (Lipinski definition) is 1. The molecule has 0 aliphatic carbocycles. The van der Waals surface area contributed by atoms with E-state index in [-0.39, 0.29) is 16.6 Å². The molecule has 164 valence electrons. The third-order valence-corrected chi connectivity index (χ3v) is 6.05. The highest BCUT2D eigenvalue weighted by atomic mass is 35.5. The van der Waals surface area contributed by atoms with Crippen LogP contribution in [0.3, 0.4) is 0 Å². The molecule has 3 aromatic rings. The lowest BCUT2D eigenvalue weighted by molar-refractivity contribution is -0.137. The van der Waals surface area contributed by atoms with Gasteiger partial charge in [0, 0.05) is 6.20 Å². The number of benzene rings is 2. The molecule has 11 heteroatoms. The van der Waals surface area contributed by atoms with Gasteiger partial charge in [-0.2, -0.15) is 13.2 Å². The number of aromatic nitrogens is 1. The van der Waals surface area contributed by atoms with Crippen LogP contribution in [0.1, 0.15) is 16.7 Å². The lowest BCUT2D eigenvalue weighted by Crippen LogP contribution is -2.16. The van der Waals surface area contributed by atoms with Crippen molar-refractivity contribution in [1.82, 2.24) is 4.98 Å². The van der Waals surface area contributed by atoms with Crippen LogP contribution >= 0.6 is 23.2 Å². The summed E-state index contributed by atoms with van der Waals surface area (Å²) in [4.78, 5) is 3.37. The van der Waals surface area contributed by atoms with Gasteiger partial charge >= 0.3 is 6.18 Å². The zero-order chi connectivity index (χ0) is 23.0. The van der Waals surface area contributed by atoms with Gasteiger partial charge in [0.25, 0.3) is 10.0 Å². The first-order valence-electron chi connectivity index (χ1n) is 8.67.